The van der Waals surface area contributed by atoms with Crippen molar-refractivity contribution in [1.82, 2.24) is 4.31 Å². The van der Waals surface area contributed by atoms with Crippen LogP contribution in [0.15, 0.2) is 59.5 Å². The van der Waals surface area contributed by atoms with E-state index in [9.17, 15) is 13.2 Å². The summed E-state index contributed by atoms with van der Waals surface area (Å²) in [4.78, 5) is 14.6. The van der Waals surface area contributed by atoms with Gasteiger partial charge in [-0.05, 0) is 49.2 Å². The first kappa shape index (κ1) is 21.2. The van der Waals surface area contributed by atoms with E-state index in [-0.39, 0.29) is 10.8 Å². The topological polar surface area (TPSA) is 66.9 Å². The Morgan fingerprint density at radius 3 is 2.38 bits per heavy atom. The maximum absolute atomic E-state index is 12.7. The number of carbonyl (C=O) groups is 1. The summed E-state index contributed by atoms with van der Waals surface area (Å²) in [7, 11) is -3.51. The van der Waals surface area contributed by atoms with Crippen LogP contribution in [0.2, 0.25) is 0 Å². The molecule has 0 N–H and O–H groups in total. The molecule has 1 saturated heterocycles. The molecule has 2 aromatic rings. The van der Waals surface area contributed by atoms with Crippen molar-refractivity contribution in [2.45, 2.75) is 18.7 Å². The number of amides is 1. The zero-order valence-corrected chi connectivity index (χ0v) is 17.6. The second-order valence-corrected chi connectivity index (χ2v) is 8.73. The van der Waals surface area contributed by atoms with Crippen molar-refractivity contribution in [2.75, 3.05) is 37.7 Å². The summed E-state index contributed by atoms with van der Waals surface area (Å²) in [6.07, 6.45) is 3.22. The van der Waals surface area contributed by atoms with Gasteiger partial charge < -0.3 is 9.64 Å². The molecular weight excluding hydrogens is 388 g/mol. The van der Waals surface area contributed by atoms with Crippen molar-refractivity contribution < 1.29 is 17.9 Å². The maximum Gasteiger partial charge on any atom is 0.250 e. The van der Waals surface area contributed by atoms with Crippen LogP contribution in [0, 0.1) is 6.92 Å². The number of morpholine rings is 1. The van der Waals surface area contributed by atoms with E-state index in [1.807, 2.05) is 38.1 Å². The number of hydrogen-bond donors (Lipinski definition) is 0. The van der Waals surface area contributed by atoms with Crippen molar-refractivity contribution >= 4 is 27.7 Å². The number of carbonyl (C=O) groups excluding carboxylic acids is 1. The lowest BCUT2D eigenvalue weighted by Crippen LogP contribution is -2.40. The van der Waals surface area contributed by atoms with Gasteiger partial charge in [-0.2, -0.15) is 4.31 Å². The average Bonchev–Trinajstić information content (AvgIpc) is 2.75. The Kier molecular flexibility index (Phi) is 6.84. The second-order valence-electron chi connectivity index (χ2n) is 6.79. The largest absolute Gasteiger partial charge is 0.379 e. The highest BCUT2D eigenvalue weighted by atomic mass is 32.2. The van der Waals surface area contributed by atoms with Crippen LogP contribution >= 0.6 is 0 Å². The summed E-state index contributed by atoms with van der Waals surface area (Å²) in [5.41, 5.74) is 2.69. The summed E-state index contributed by atoms with van der Waals surface area (Å²) >= 11 is 0. The summed E-state index contributed by atoms with van der Waals surface area (Å²) in [6, 6.07) is 14.3. The Labute approximate surface area is 172 Å². The van der Waals surface area contributed by atoms with E-state index in [4.69, 9.17) is 4.74 Å². The van der Waals surface area contributed by atoms with Crippen LogP contribution < -0.4 is 4.90 Å². The van der Waals surface area contributed by atoms with Crippen LogP contribution in [-0.4, -0.2) is 51.5 Å². The molecule has 0 aromatic heterocycles. The van der Waals surface area contributed by atoms with E-state index in [2.05, 4.69) is 0 Å². The quantitative estimate of drug-likeness (QED) is 0.682. The molecule has 0 radical (unpaired) electrons. The van der Waals surface area contributed by atoms with E-state index in [0.717, 1.165) is 16.8 Å². The number of aryl methyl sites for hydroxylation is 1. The van der Waals surface area contributed by atoms with E-state index < -0.39 is 10.0 Å². The lowest BCUT2D eigenvalue weighted by atomic mass is 10.1. The van der Waals surface area contributed by atoms with E-state index in [0.29, 0.717) is 32.8 Å². The predicted molar refractivity (Wildman–Crippen MR) is 114 cm³/mol. The number of sulfonamides is 1. The first-order valence-electron chi connectivity index (χ1n) is 9.66. The van der Waals surface area contributed by atoms with Crippen LogP contribution in [0.5, 0.6) is 0 Å². The number of rotatable bonds is 6. The lowest BCUT2D eigenvalue weighted by molar-refractivity contribution is -0.114. The second kappa shape index (κ2) is 9.35. The molecule has 0 unspecified atom stereocenters. The van der Waals surface area contributed by atoms with E-state index in [1.54, 1.807) is 35.2 Å². The molecule has 29 heavy (non-hydrogen) atoms. The van der Waals surface area contributed by atoms with Gasteiger partial charge in [0.2, 0.25) is 10.0 Å². The average molecular weight is 415 g/mol. The third-order valence-electron chi connectivity index (χ3n) is 4.89. The van der Waals surface area contributed by atoms with Gasteiger partial charge in [0.1, 0.15) is 0 Å². The molecule has 0 aliphatic carbocycles. The third-order valence-corrected chi connectivity index (χ3v) is 6.81. The molecule has 0 spiro atoms. The third kappa shape index (κ3) is 4.93. The number of ether oxygens (including phenoxy) is 1. The molecule has 0 atom stereocenters. The molecule has 1 heterocycles. The smallest absolute Gasteiger partial charge is 0.250 e. The van der Waals surface area contributed by atoms with Crippen LogP contribution in [0.3, 0.4) is 0 Å². The number of benzene rings is 2. The zero-order valence-electron chi connectivity index (χ0n) is 16.7. The summed E-state index contributed by atoms with van der Waals surface area (Å²) in [5.74, 6) is -0.119. The molecular formula is C22H26N2O4S. The molecule has 6 nitrogen and oxygen atoms in total. The predicted octanol–water partition coefficient (Wildman–Crippen LogP) is 3.08. The van der Waals surface area contributed by atoms with Gasteiger partial charge in [-0.1, -0.05) is 30.3 Å². The first-order valence-corrected chi connectivity index (χ1v) is 11.1. The van der Waals surface area contributed by atoms with Gasteiger partial charge in [0.25, 0.3) is 5.91 Å². The highest BCUT2D eigenvalue weighted by Crippen LogP contribution is 2.21. The van der Waals surface area contributed by atoms with Crippen LogP contribution in [0.4, 0.5) is 5.69 Å². The van der Waals surface area contributed by atoms with Crippen molar-refractivity contribution in [3.8, 4) is 0 Å². The fraction of sp³-hybridized carbons (Fsp3) is 0.318. The number of anilines is 1. The summed E-state index contributed by atoms with van der Waals surface area (Å²) < 4.78 is 32.0. The highest BCUT2D eigenvalue weighted by molar-refractivity contribution is 7.89. The minimum atomic E-state index is -3.51. The fourth-order valence-electron chi connectivity index (χ4n) is 3.26. The first-order chi connectivity index (χ1) is 13.9. The molecule has 1 aliphatic heterocycles. The highest BCUT2D eigenvalue weighted by Gasteiger charge is 2.26. The Hall–Kier alpha value is -2.48. The summed E-state index contributed by atoms with van der Waals surface area (Å²) in [5, 5.41) is 0. The maximum atomic E-state index is 12.7. The van der Waals surface area contributed by atoms with Gasteiger partial charge in [0.15, 0.2) is 0 Å². The summed E-state index contributed by atoms with van der Waals surface area (Å²) in [6.45, 7) is 6.03. The number of likely N-dealkylation sites (N-methyl/N-ethyl adjacent to an activating group) is 1. The molecule has 0 saturated carbocycles. The number of nitrogens with zero attached hydrogens (tertiary/aromatic N) is 2. The van der Waals surface area contributed by atoms with Gasteiger partial charge in [-0.25, -0.2) is 8.42 Å². The fourth-order valence-corrected chi connectivity index (χ4v) is 4.66. The standard InChI is InChI=1S/C22H26N2O4S/c1-3-24(21-7-5-4-6-18(21)2)22(25)13-10-19-8-11-20(12-9-19)29(26,27)23-14-16-28-17-15-23/h4-13H,3,14-17H2,1-2H3/b13-10+. The zero-order chi connectivity index (χ0) is 20.9. The van der Waals surface area contributed by atoms with E-state index >= 15 is 0 Å². The Morgan fingerprint density at radius 2 is 1.76 bits per heavy atom. The molecule has 3 rings (SSSR count). The van der Waals surface area contributed by atoms with Crippen molar-refractivity contribution in [1.29, 1.82) is 0 Å². The molecule has 0 bridgehead atoms. The van der Waals surface area contributed by atoms with E-state index in [1.165, 1.54) is 10.4 Å². The Bertz CT molecular complexity index is 978. The van der Waals surface area contributed by atoms with Gasteiger partial charge in [0.05, 0.1) is 18.1 Å². The van der Waals surface area contributed by atoms with Crippen molar-refractivity contribution in [3.05, 3.63) is 65.7 Å². The minimum absolute atomic E-state index is 0.119. The van der Waals surface area contributed by atoms with Crippen molar-refractivity contribution in [2.24, 2.45) is 0 Å². The van der Waals surface area contributed by atoms with Crippen LogP contribution in [-0.2, 0) is 19.6 Å². The normalized spacial score (nSPS) is 15.5. The molecule has 1 fully saturated rings. The lowest BCUT2D eigenvalue weighted by Gasteiger charge is -2.26. The Morgan fingerprint density at radius 1 is 1.10 bits per heavy atom. The molecule has 154 valence electrons. The van der Waals surface area contributed by atoms with Crippen LogP contribution in [0.1, 0.15) is 18.1 Å². The van der Waals surface area contributed by atoms with Gasteiger partial charge >= 0.3 is 0 Å². The van der Waals surface area contributed by atoms with Crippen LogP contribution in [0.25, 0.3) is 6.08 Å². The molecule has 7 heteroatoms. The molecule has 2 aromatic carbocycles. The molecule has 1 amide bonds. The van der Waals surface area contributed by atoms with Crippen molar-refractivity contribution in [3.63, 3.8) is 0 Å². The van der Waals surface area contributed by atoms with Gasteiger partial charge in [-0.3, -0.25) is 4.79 Å². The number of hydrogen-bond acceptors (Lipinski definition) is 4. The van der Waals surface area contributed by atoms with Gasteiger partial charge in [-0.15, -0.1) is 0 Å². The number of para-hydroxylation sites is 1. The monoisotopic (exact) mass is 414 g/mol. The molecule has 1 aliphatic rings. The SMILES string of the molecule is CCN(C(=O)/C=C/c1ccc(S(=O)(=O)N2CCOCC2)cc1)c1ccccc1C. The Balaban J connectivity index is 1.72. The minimum Gasteiger partial charge on any atom is -0.379 e. The van der Waals surface area contributed by atoms with Gasteiger partial charge in [0, 0.05) is 31.4 Å².